The van der Waals surface area contributed by atoms with Crippen LogP contribution in [0.1, 0.15) is 42.8 Å². The molecule has 0 aliphatic carbocycles. The maximum Gasteiger partial charge on any atom is 0.345 e. The van der Waals surface area contributed by atoms with E-state index < -0.39 is 5.97 Å². The van der Waals surface area contributed by atoms with Crippen molar-refractivity contribution in [1.82, 2.24) is 5.32 Å². The normalized spacial score (nSPS) is 12.6. The van der Waals surface area contributed by atoms with Crippen molar-refractivity contribution < 1.29 is 9.90 Å². The van der Waals surface area contributed by atoms with E-state index in [1.807, 2.05) is 17.4 Å². The van der Waals surface area contributed by atoms with Gasteiger partial charge < -0.3 is 10.4 Å². The molecule has 2 rings (SSSR count). The minimum Gasteiger partial charge on any atom is -0.477 e. The van der Waals surface area contributed by atoms with Crippen molar-refractivity contribution in [2.24, 2.45) is 0 Å². The number of carboxylic acid groups (broad SMARTS) is 1. The van der Waals surface area contributed by atoms with Crippen LogP contribution in [0.15, 0.2) is 18.2 Å². The van der Waals surface area contributed by atoms with Crippen molar-refractivity contribution in [3.8, 4) is 0 Å². The van der Waals surface area contributed by atoms with Crippen molar-refractivity contribution in [2.45, 2.75) is 33.4 Å². The molecule has 2 aromatic heterocycles. The average molecular weight is 295 g/mol. The monoisotopic (exact) mass is 295 g/mol. The fourth-order valence-corrected chi connectivity index (χ4v) is 3.85. The first-order valence-electron chi connectivity index (χ1n) is 6.09. The number of hydrogen-bond acceptors (Lipinski definition) is 4. The third-order valence-corrected chi connectivity index (χ3v) is 5.06. The van der Waals surface area contributed by atoms with Crippen LogP contribution >= 0.6 is 22.7 Å². The molecule has 102 valence electrons. The van der Waals surface area contributed by atoms with Crippen molar-refractivity contribution in [2.75, 3.05) is 0 Å². The highest BCUT2D eigenvalue weighted by molar-refractivity contribution is 7.13. The number of aryl methyl sites for hydroxylation is 2. The number of hydrogen-bond donors (Lipinski definition) is 2. The molecule has 0 amide bonds. The molecule has 2 N–H and O–H groups in total. The number of carbonyl (C=O) groups is 1. The molecule has 0 fully saturated rings. The Hall–Kier alpha value is -1.17. The zero-order valence-corrected chi connectivity index (χ0v) is 12.8. The summed E-state index contributed by atoms with van der Waals surface area (Å²) in [5.41, 5.74) is 1.33. The second-order valence-corrected chi connectivity index (χ2v) is 7.17. The quantitative estimate of drug-likeness (QED) is 0.877. The SMILES string of the molecule is Cc1cc(C(C)NCc2ccc(C(=O)O)s2)c(C)s1. The maximum atomic E-state index is 10.8. The van der Waals surface area contributed by atoms with Gasteiger partial charge in [-0.05, 0) is 44.5 Å². The van der Waals surface area contributed by atoms with Crippen LogP contribution in [0.5, 0.6) is 0 Å². The molecule has 0 saturated heterocycles. The number of nitrogens with one attached hydrogen (secondary N) is 1. The standard InChI is InChI=1S/C14H17NO2S2/c1-8-6-12(10(3)18-8)9(2)15-7-11-4-5-13(19-11)14(16)17/h4-6,9,15H,7H2,1-3H3,(H,16,17). The van der Waals surface area contributed by atoms with E-state index in [1.165, 1.54) is 26.7 Å². The van der Waals surface area contributed by atoms with Gasteiger partial charge in [-0.1, -0.05) is 0 Å². The van der Waals surface area contributed by atoms with Gasteiger partial charge in [-0.15, -0.1) is 22.7 Å². The molecule has 0 aliphatic rings. The summed E-state index contributed by atoms with van der Waals surface area (Å²) in [7, 11) is 0. The highest BCUT2D eigenvalue weighted by Crippen LogP contribution is 2.26. The van der Waals surface area contributed by atoms with Gasteiger partial charge >= 0.3 is 5.97 Å². The van der Waals surface area contributed by atoms with Crippen LogP contribution in [0.3, 0.4) is 0 Å². The first-order chi connectivity index (χ1) is 8.97. The Kier molecular flexibility index (Phi) is 4.39. The largest absolute Gasteiger partial charge is 0.477 e. The zero-order chi connectivity index (χ0) is 14.0. The van der Waals surface area contributed by atoms with Gasteiger partial charge in [0.15, 0.2) is 0 Å². The molecule has 0 radical (unpaired) electrons. The highest BCUT2D eigenvalue weighted by atomic mass is 32.1. The highest BCUT2D eigenvalue weighted by Gasteiger charge is 2.12. The van der Waals surface area contributed by atoms with E-state index in [0.717, 1.165) is 4.88 Å². The average Bonchev–Trinajstić information content (AvgIpc) is 2.93. The Balaban J connectivity index is 1.98. The molecule has 19 heavy (non-hydrogen) atoms. The van der Waals surface area contributed by atoms with E-state index >= 15 is 0 Å². The van der Waals surface area contributed by atoms with Gasteiger partial charge in [0.25, 0.3) is 0 Å². The summed E-state index contributed by atoms with van der Waals surface area (Å²) in [6.45, 7) is 7.10. The Morgan fingerprint density at radius 3 is 2.63 bits per heavy atom. The first kappa shape index (κ1) is 14.2. The predicted octanol–water partition coefficient (Wildman–Crippen LogP) is 3.98. The van der Waals surface area contributed by atoms with Crippen molar-refractivity contribution in [3.63, 3.8) is 0 Å². The third kappa shape index (κ3) is 3.43. The molecular formula is C14H17NO2S2. The minimum absolute atomic E-state index is 0.278. The van der Waals surface area contributed by atoms with Gasteiger partial charge in [-0.2, -0.15) is 0 Å². The molecule has 0 bridgehead atoms. The van der Waals surface area contributed by atoms with E-state index in [9.17, 15) is 4.79 Å². The van der Waals surface area contributed by atoms with Gasteiger partial charge in [-0.25, -0.2) is 4.79 Å². The molecule has 0 spiro atoms. The van der Waals surface area contributed by atoms with E-state index in [-0.39, 0.29) is 6.04 Å². The summed E-state index contributed by atoms with van der Waals surface area (Å²) < 4.78 is 0. The van der Waals surface area contributed by atoms with Crippen LogP contribution in [-0.4, -0.2) is 11.1 Å². The van der Waals surface area contributed by atoms with Crippen LogP contribution in [0, 0.1) is 13.8 Å². The topological polar surface area (TPSA) is 49.3 Å². The minimum atomic E-state index is -0.853. The second-order valence-electron chi connectivity index (χ2n) is 4.54. The van der Waals surface area contributed by atoms with Crippen LogP contribution in [0.25, 0.3) is 0 Å². The Morgan fingerprint density at radius 1 is 1.37 bits per heavy atom. The fraction of sp³-hybridized carbons (Fsp3) is 0.357. The molecule has 0 aromatic carbocycles. The number of thiophene rings is 2. The lowest BCUT2D eigenvalue weighted by Crippen LogP contribution is -2.17. The Bertz CT molecular complexity index is 586. The van der Waals surface area contributed by atoms with E-state index in [1.54, 1.807) is 6.07 Å². The smallest absolute Gasteiger partial charge is 0.345 e. The molecular weight excluding hydrogens is 278 g/mol. The third-order valence-electron chi connectivity index (χ3n) is 3.00. The van der Waals surface area contributed by atoms with Crippen LogP contribution in [0.4, 0.5) is 0 Å². The maximum absolute atomic E-state index is 10.8. The molecule has 3 nitrogen and oxygen atoms in total. The van der Waals surface area contributed by atoms with Crippen LogP contribution < -0.4 is 5.32 Å². The summed E-state index contributed by atoms with van der Waals surface area (Å²) in [4.78, 5) is 14.9. The lowest BCUT2D eigenvalue weighted by molar-refractivity contribution is 0.0702. The van der Waals surface area contributed by atoms with Crippen molar-refractivity contribution in [1.29, 1.82) is 0 Å². The van der Waals surface area contributed by atoms with Crippen LogP contribution in [-0.2, 0) is 6.54 Å². The van der Waals surface area contributed by atoms with E-state index in [2.05, 4.69) is 32.2 Å². The van der Waals surface area contributed by atoms with E-state index in [4.69, 9.17) is 5.11 Å². The number of aromatic carboxylic acids is 1. The fourth-order valence-electron chi connectivity index (χ4n) is 2.03. The number of rotatable bonds is 5. The number of carboxylic acids is 1. The Morgan fingerprint density at radius 2 is 2.11 bits per heavy atom. The molecule has 2 aromatic rings. The molecule has 0 saturated carbocycles. The molecule has 2 heterocycles. The summed E-state index contributed by atoms with van der Waals surface area (Å²) >= 11 is 3.14. The summed E-state index contributed by atoms with van der Waals surface area (Å²) in [6.07, 6.45) is 0. The summed E-state index contributed by atoms with van der Waals surface area (Å²) in [5, 5.41) is 12.3. The first-order valence-corrected chi connectivity index (χ1v) is 7.73. The molecule has 0 aliphatic heterocycles. The van der Waals surface area contributed by atoms with Crippen molar-refractivity contribution >= 4 is 28.6 Å². The van der Waals surface area contributed by atoms with Crippen molar-refractivity contribution in [3.05, 3.63) is 43.3 Å². The van der Waals surface area contributed by atoms with Gasteiger partial charge in [0, 0.05) is 27.2 Å². The van der Waals surface area contributed by atoms with Gasteiger partial charge in [0.1, 0.15) is 4.88 Å². The van der Waals surface area contributed by atoms with Gasteiger partial charge in [0.2, 0.25) is 0 Å². The Labute approximate surface area is 120 Å². The predicted molar refractivity (Wildman–Crippen MR) is 80.3 cm³/mol. The molecule has 5 heteroatoms. The molecule has 1 atom stereocenters. The lowest BCUT2D eigenvalue weighted by Gasteiger charge is -2.12. The van der Waals surface area contributed by atoms with Gasteiger partial charge in [0.05, 0.1) is 0 Å². The lowest BCUT2D eigenvalue weighted by atomic mass is 10.1. The van der Waals surface area contributed by atoms with Crippen LogP contribution in [0.2, 0.25) is 0 Å². The summed E-state index contributed by atoms with van der Waals surface area (Å²) in [6, 6.07) is 6.03. The second kappa shape index (κ2) is 5.86. The zero-order valence-electron chi connectivity index (χ0n) is 11.2. The van der Waals surface area contributed by atoms with Gasteiger partial charge in [-0.3, -0.25) is 0 Å². The molecule has 1 unspecified atom stereocenters. The summed E-state index contributed by atoms with van der Waals surface area (Å²) in [5.74, 6) is -0.853. The van der Waals surface area contributed by atoms with E-state index in [0.29, 0.717) is 11.4 Å².